The maximum Gasteiger partial charge on any atom is 0.343 e. The van der Waals surface area contributed by atoms with Crippen molar-refractivity contribution in [3.63, 3.8) is 0 Å². The van der Waals surface area contributed by atoms with Gasteiger partial charge in [-0.05, 0) is 55.3 Å². The molecule has 6 nitrogen and oxygen atoms in total. The Morgan fingerprint density at radius 2 is 1.77 bits per heavy atom. The largest absolute Gasteiger partial charge is 0.477 e. The molecule has 0 saturated carbocycles. The van der Waals surface area contributed by atoms with E-state index in [1.165, 1.54) is 12.1 Å². The Morgan fingerprint density at radius 1 is 1.08 bits per heavy atom. The van der Waals surface area contributed by atoms with Crippen molar-refractivity contribution in [1.29, 1.82) is 0 Å². The van der Waals surface area contributed by atoms with Crippen LogP contribution < -0.4 is 5.32 Å². The highest BCUT2D eigenvalue weighted by Gasteiger charge is 2.25. The highest BCUT2D eigenvalue weighted by Crippen LogP contribution is 2.30. The number of carbonyl (C=O) groups is 2. The molecule has 2 aromatic carbocycles. The summed E-state index contributed by atoms with van der Waals surface area (Å²) in [6, 6.07) is 10.2. The summed E-state index contributed by atoms with van der Waals surface area (Å²) < 4.78 is 18.0. The van der Waals surface area contributed by atoms with Crippen molar-refractivity contribution in [2.75, 3.05) is 5.32 Å². The van der Waals surface area contributed by atoms with E-state index >= 15 is 0 Å². The van der Waals surface area contributed by atoms with Gasteiger partial charge >= 0.3 is 5.97 Å². The normalized spacial score (nSPS) is 10.6. The molecule has 0 saturated heterocycles. The van der Waals surface area contributed by atoms with Gasteiger partial charge in [0.25, 0.3) is 5.91 Å². The van der Waals surface area contributed by atoms with Gasteiger partial charge in [0.15, 0.2) is 5.56 Å². The molecule has 0 atom stereocenters. The quantitative estimate of drug-likeness (QED) is 0.737. The molecule has 0 aliphatic rings. The molecule has 3 rings (SSSR count). The zero-order valence-electron chi connectivity index (χ0n) is 14.0. The van der Waals surface area contributed by atoms with Gasteiger partial charge < -0.3 is 9.63 Å². The lowest BCUT2D eigenvalue weighted by atomic mass is 10.0. The van der Waals surface area contributed by atoms with Gasteiger partial charge in [0.1, 0.15) is 11.5 Å². The predicted molar refractivity (Wildman–Crippen MR) is 92.7 cm³/mol. The van der Waals surface area contributed by atoms with E-state index in [1.807, 2.05) is 19.9 Å². The second kappa shape index (κ2) is 6.79. The van der Waals surface area contributed by atoms with Crippen LogP contribution >= 0.6 is 0 Å². The third-order valence-corrected chi connectivity index (χ3v) is 4.02. The van der Waals surface area contributed by atoms with Crippen molar-refractivity contribution < 1.29 is 23.6 Å². The number of nitrogens with zero attached hydrogens (tertiary/aromatic N) is 1. The summed E-state index contributed by atoms with van der Waals surface area (Å²) in [5.74, 6) is -2.67. The summed E-state index contributed by atoms with van der Waals surface area (Å²) in [4.78, 5) is 23.9. The van der Waals surface area contributed by atoms with Crippen molar-refractivity contribution in [1.82, 2.24) is 5.16 Å². The van der Waals surface area contributed by atoms with Gasteiger partial charge in [-0.15, -0.1) is 0 Å². The number of nitrogens with one attached hydrogen (secondary N) is 1. The van der Waals surface area contributed by atoms with Crippen LogP contribution in [0, 0.1) is 19.7 Å². The molecule has 0 aliphatic heterocycles. The van der Waals surface area contributed by atoms with Crippen LogP contribution in [0.25, 0.3) is 11.3 Å². The smallest absolute Gasteiger partial charge is 0.343 e. The zero-order valence-corrected chi connectivity index (χ0v) is 14.0. The Hall–Kier alpha value is -3.48. The number of aryl methyl sites for hydroxylation is 2. The third-order valence-electron chi connectivity index (χ3n) is 4.02. The van der Waals surface area contributed by atoms with Crippen LogP contribution in [0.4, 0.5) is 10.3 Å². The van der Waals surface area contributed by atoms with Crippen molar-refractivity contribution in [3.8, 4) is 11.3 Å². The third kappa shape index (κ3) is 3.32. The predicted octanol–water partition coefficient (Wildman–Crippen LogP) is 4.05. The Kier molecular flexibility index (Phi) is 4.53. The monoisotopic (exact) mass is 354 g/mol. The molecule has 0 radical (unpaired) electrons. The molecule has 0 fully saturated rings. The number of aromatic carboxylic acids is 1. The first kappa shape index (κ1) is 17.3. The number of carboxylic acids is 1. The summed E-state index contributed by atoms with van der Waals surface area (Å²) in [6.07, 6.45) is 0. The molecular weight excluding hydrogens is 339 g/mol. The number of anilines is 1. The first-order chi connectivity index (χ1) is 12.4. The number of hydrogen-bond acceptors (Lipinski definition) is 4. The summed E-state index contributed by atoms with van der Waals surface area (Å²) in [7, 11) is 0. The molecule has 2 N–H and O–H groups in total. The Morgan fingerprint density at radius 3 is 2.38 bits per heavy atom. The van der Waals surface area contributed by atoms with E-state index in [1.54, 1.807) is 12.1 Å². The van der Waals surface area contributed by atoms with Gasteiger partial charge in [-0.25, -0.2) is 9.18 Å². The average molecular weight is 354 g/mol. The Balaban J connectivity index is 1.97. The summed E-state index contributed by atoms with van der Waals surface area (Å²) in [5.41, 5.74) is 2.62. The number of carbonyl (C=O) groups excluding carboxylic acids is 1. The van der Waals surface area contributed by atoms with Crippen LogP contribution in [0.3, 0.4) is 0 Å². The van der Waals surface area contributed by atoms with Gasteiger partial charge in [-0.3, -0.25) is 10.1 Å². The number of halogens is 1. The molecule has 0 unspecified atom stereocenters. The first-order valence-corrected chi connectivity index (χ1v) is 7.74. The van der Waals surface area contributed by atoms with E-state index in [0.29, 0.717) is 5.56 Å². The van der Waals surface area contributed by atoms with Gasteiger partial charge in [-0.1, -0.05) is 17.3 Å². The van der Waals surface area contributed by atoms with Crippen LogP contribution in [0.2, 0.25) is 0 Å². The van der Waals surface area contributed by atoms with Crippen LogP contribution in [0.1, 0.15) is 31.8 Å². The maximum atomic E-state index is 13.0. The fraction of sp³-hybridized carbons (Fsp3) is 0.105. The van der Waals surface area contributed by atoms with Gasteiger partial charge in [0.2, 0.25) is 5.88 Å². The van der Waals surface area contributed by atoms with Crippen LogP contribution in [0.5, 0.6) is 0 Å². The number of carboxylic acid groups (broad SMARTS) is 1. The highest BCUT2D eigenvalue weighted by molar-refractivity contribution is 6.08. The number of rotatable bonds is 4. The minimum absolute atomic E-state index is 0.120. The molecule has 1 heterocycles. The van der Waals surface area contributed by atoms with Crippen molar-refractivity contribution in [2.45, 2.75) is 13.8 Å². The number of amides is 1. The lowest BCUT2D eigenvalue weighted by Gasteiger charge is -2.04. The number of benzene rings is 2. The van der Waals surface area contributed by atoms with E-state index in [4.69, 9.17) is 4.52 Å². The van der Waals surface area contributed by atoms with Gasteiger partial charge in [0, 0.05) is 11.1 Å². The molecule has 0 aliphatic carbocycles. The second-order valence-corrected chi connectivity index (χ2v) is 5.80. The summed E-state index contributed by atoms with van der Waals surface area (Å²) >= 11 is 0. The van der Waals surface area contributed by atoms with E-state index in [0.717, 1.165) is 23.3 Å². The van der Waals surface area contributed by atoms with E-state index in [9.17, 15) is 19.1 Å². The Bertz CT molecular complexity index is 993. The van der Waals surface area contributed by atoms with Gasteiger partial charge in [-0.2, -0.15) is 0 Å². The van der Waals surface area contributed by atoms with E-state index < -0.39 is 17.7 Å². The van der Waals surface area contributed by atoms with E-state index in [-0.39, 0.29) is 22.7 Å². The molecular formula is C19H15FN2O4. The topological polar surface area (TPSA) is 92.4 Å². The molecule has 7 heteroatoms. The van der Waals surface area contributed by atoms with Crippen LogP contribution in [-0.4, -0.2) is 22.1 Å². The Labute approximate surface area is 148 Å². The van der Waals surface area contributed by atoms with E-state index in [2.05, 4.69) is 10.5 Å². The standard InChI is InChI=1S/C19H15FN2O4/c1-10-3-4-13(9-11(10)2)16-15(19(24)25)18(26-22-16)21-17(23)12-5-7-14(20)8-6-12/h3-9H,1-2H3,(H,21,23)(H,24,25). The second-order valence-electron chi connectivity index (χ2n) is 5.80. The lowest BCUT2D eigenvalue weighted by molar-refractivity contribution is 0.0698. The zero-order chi connectivity index (χ0) is 18.8. The SMILES string of the molecule is Cc1ccc(-c2noc(NC(=O)c3ccc(F)cc3)c2C(=O)O)cc1C. The van der Waals surface area contributed by atoms with Crippen molar-refractivity contribution in [2.24, 2.45) is 0 Å². The average Bonchev–Trinajstić information content (AvgIpc) is 3.01. The molecule has 0 spiro atoms. The molecule has 0 bridgehead atoms. The molecule has 1 amide bonds. The van der Waals surface area contributed by atoms with Gasteiger partial charge in [0.05, 0.1) is 0 Å². The summed E-state index contributed by atoms with van der Waals surface area (Å²) in [6.45, 7) is 3.84. The van der Waals surface area contributed by atoms with Crippen LogP contribution in [0.15, 0.2) is 47.0 Å². The fourth-order valence-corrected chi connectivity index (χ4v) is 2.44. The first-order valence-electron chi connectivity index (χ1n) is 7.74. The fourth-order valence-electron chi connectivity index (χ4n) is 2.44. The minimum Gasteiger partial charge on any atom is -0.477 e. The molecule has 3 aromatic rings. The highest BCUT2D eigenvalue weighted by atomic mass is 19.1. The van der Waals surface area contributed by atoms with Crippen molar-refractivity contribution >= 4 is 17.8 Å². The number of hydrogen-bond donors (Lipinski definition) is 2. The molecule has 132 valence electrons. The van der Waals surface area contributed by atoms with Crippen LogP contribution in [-0.2, 0) is 0 Å². The number of aromatic nitrogens is 1. The maximum absolute atomic E-state index is 13.0. The molecule has 1 aromatic heterocycles. The summed E-state index contributed by atoms with van der Waals surface area (Å²) in [5, 5.41) is 15.7. The molecule has 26 heavy (non-hydrogen) atoms. The lowest BCUT2D eigenvalue weighted by Crippen LogP contribution is -2.14. The minimum atomic E-state index is -1.28. The van der Waals surface area contributed by atoms with Crippen molar-refractivity contribution in [3.05, 3.63) is 70.5 Å².